The summed E-state index contributed by atoms with van der Waals surface area (Å²) in [4.78, 5) is 2.26. The zero-order chi connectivity index (χ0) is 14.7. The predicted molar refractivity (Wildman–Crippen MR) is 77.3 cm³/mol. The fraction of sp³-hybridized carbons (Fsp3) is 0.625. The Kier molecular flexibility index (Phi) is 5.11. The van der Waals surface area contributed by atoms with Gasteiger partial charge < -0.3 is 5.73 Å². The van der Waals surface area contributed by atoms with Crippen LogP contribution in [0, 0.1) is 17.6 Å². The maximum Gasteiger partial charge on any atom is 0.163 e. The lowest BCUT2D eigenvalue weighted by Crippen LogP contribution is -2.37. The average molecular weight is 282 g/mol. The second-order valence-corrected chi connectivity index (χ2v) is 6.05. The highest BCUT2D eigenvalue weighted by atomic mass is 19.2. The molecule has 0 spiro atoms. The molecule has 0 aromatic heterocycles. The number of nitrogens with zero attached hydrogens (tertiary/aromatic N) is 1. The summed E-state index contributed by atoms with van der Waals surface area (Å²) in [6, 6.07) is 4.62. The van der Waals surface area contributed by atoms with Crippen molar-refractivity contribution in [3.05, 3.63) is 35.4 Å². The van der Waals surface area contributed by atoms with Crippen LogP contribution in [-0.4, -0.2) is 24.0 Å². The van der Waals surface area contributed by atoms with Gasteiger partial charge in [0, 0.05) is 18.2 Å². The summed E-state index contributed by atoms with van der Waals surface area (Å²) in [6.45, 7) is 5.55. The Balaban J connectivity index is 2.21. The molecule has 1 aromatic rings. The van der Waals surface area contributed by atoms with E-state index in [-0.39, 0.29) is 6.04 Å². The van der Waals surface area contributed by atoms with E-state index in [1.807, 2.05) is 0 Å². The predicted octanol–water partition coefficient (Wildman–Crippen LogP) is 3.48. The van der Waals surface area contributed by atoms with E-state index in [2.05, 4.69) is 18.7 Å². The van der Waals surface area contributed by atoms with E-state index in [0.29, 0.717) is 24.1 Å². The summed E-state index contributed by atoms with van der Waals surface area (Å²) in [5.74, 6) is -0.953. The summed E-state index contributed by atoms with van der Waals surface area (Å²) >= 11 is 0. The van der Waals surface area contributed by atoms with Gasteiger partial charge in [0.05, 0.1) is 6.04 Å². The Labute approximate surface area is 120 Å². The molecular weight excluding hydrogens is 258 g/mol. The van der Waals surface area contributed by atoms with Crippen molar-refractivity contribution in [3.63, 3.8) is 0 Å². The fourth-order valence-corrected chi connectivity index (χ4v) is 2.63. The molecule has 0 amide bonds. The minimum atomic E-state index is -0.791. The first kappa shape index (κ1) is 15.4. The highest BCUT2D eigenvalue weighted by molar-refractivity contribution is 5.23. The zero-order valence-electron chi connectivity index (χ0n) is 12.3. The zero-order valence-corrected chi connectivity index (χ0v) is 12.3. The van der Waals surface area contributed by atoms with Crippen LogP contribution < -0.4 is 5.73 Å². The van der Waals surface area contributed by atoms with Crippen LogP contribution in [0.15, 0.2) is 18.2 Å². The van der Waals surface area contributed by atoms with Gasteiger partial charge in [0.1, 0.15) is 0 Å². The molecule has 0 saturated heterocycles. The Morgan fingerprint density at radius 1 is 1.30 bits per heavy atom. The van der Waals surface area contributed by atoms with Crippen LogP contribution in [0.4, 0.5) is 8.78 Å². The van der Waals surface area contributed by atoms with Gasteiger partial charge in [-0.25, -0.2) is 8.78 Å². The molecule has 1 aromatic carbocycles. The standard InChI is InChI=1S/C16H24F2N2/c1-11(2)8-9-20(12-6-7-12)15(10-19)13-4-3-5-14(17)16(13)18/h3-5,11-12,15H,6-10,19H2,1-2H3. The molecular formula is C16H24F2N2. The number of benzene rings is 1. The van der Waals surface area contributed by atoms with Gasteiger partial charge >= 0.3 is 0 Å². The molecule has 1 fully saturated rings. The fourth-order valence-electron chi connectivity index (χ4n) is 2.63. The van der Waals surface area contributed by atoms with E-state index >= 15 is 0 Å². The maximum absolute atomic E-state index is 14.0. The maximum atomic E-state index is 14.0. The highest BCUT2D eigenvalue weighted by Crippen LogP contribution is 2.35. The molecule has 20 heavy (non-hydrogen) atoms. The second-order valence-electron chi connectivity index (χ2n) is 6.05. The molecule has 2 N–H and O–H groups in total. The molecule has 1 unspecified atom stereocenters. The van der Waals surface area contributed by atoms with Gasteiger partial charge in [-0.15, -0.1) is 0 Å². The van der Waals surface area contributed by atoms with Crippen molar-refractivity contribution in [1.82, 2.24) is 4.90 Å². The van der Waals surface area contributed by atoms with Crippen LogP contribution >= 0.6 is 0 Å². The first-order valence-corrected chi connectivity index (χ1v) is 7.44. The molecule has 2 nitrogen and oxygen atoms in total. The lowest BCUT2D eigenvalue weighted by atomic mass is 10.0. The third-order valence-electron chi connectivity index (χ3n) is 3.94. The van der Waals surface area contributed by atoms with Gasteiger partial charge in [-0.1, -0.05) is 26.0 Å². The summed E-state index contributed by atoms with van der Waals surface area (Å²) < 4.78 is 27.5. The smallest absolute Gasteiger partial charge is 0.163 e. The van der Waals surface area contributed by atoms with E-state index in [4.69, 9.17) is 5.73 Å². The van der Waals surface area contributed by atoms with Crippen molar-refractivity contribution in [2.45, 2.75) is 45.2 Å². The van der Waals surface area contributed by atoms with Crippen LogP contribution in [0.25, 0.3) is 0 Å². The van der Waals surface area contributed by atoms with Gasteiger partial charge in [-0.05, 0) is 37.8 Å². The molecule has 1 aliphatic carbocycles. The summed E-state index contributed by atoms with van der Waals surface area (Å²) in [5.41, 5.74) is 6.26. The molecule has 1 atom stereocenters. The third kappa shape index (κ3) is 3.55. The third-order valence-corrected chi connectivity index (χ3v) is 3.94. The summed E-state index contributed by atoms with van der Waals surface area (Å²) in [6.07, 6.45) is 3.31. The van der Waals surface area contributed by atoms with Crippen molar-refractivity contribution in [2.24, 2.45) is 11.7 Å². The highest BCUT2D eigenvalue weighted by Gasteiger charge is 2.35. The van der Waals surface area contributed by atoms with Gasteiger partial charge in [0.2, 0.25) is 0 Å². The molecule has 112 valence electrons. The molecule has 0 bridgehead atoms. The van der Waals surface area contributed by atoms with Crippen LogP contribution in [0.1, 0.15) is 44.7 Å². The van der Waals surface area contributed by atoms with E-state index < -0.39 is 11.6 Å². The number of nitrogens with two attached hydrogens (primary N) is 1. The van der Waals surface area contributed by atoms with Crippen LogP contribution in [0.5, 0.6) is 0 Å². The average Bonchev–Trinajstić information content (AvgIpc) is 3.22. The van der Waals surface area contributed by atoms with Crippen molar-refractivity contribution in [2.75, 3.05) is 13.1 Å². The Bertz CT molecular complexity index is 444. The van der Waals surface area contributed by atoms with Gasteiger partial charge in [-0.2, -0.15) is 0 Å². The topological polar surface area (TPSA) is 29.3 Å². The monoisotopic (exact) mass is 282 g/mol. The first-order chi connectivity index (χ1) is 9.54. The minimum absolute atomic E-state index is 0.225. The van der Waals surface area contributed by atoms with Gasteiger partial charge in [-0.3, -0.25) is 4.90 Å². The largest absolute Gasteiger partial charge is 0.329 e. The molecule has 2 rings (SSSR count). The van der Waals surface area contributed by atoms with E-state index in [0.717, 1.165) is 31.9 Å². The lowest BCUT2D eigenvalue weighted by Gasteiger charge is -2.32. The Hall–Kier alpha value is -1.00. The second kappa shape index (κ2) is 6.64. The van der Waals surface area contributed by atoms with E-state index in [9.17, 15) is 8.78 Å². The number of rotatable bonds is 7. The van der Waals surface area contributed by atoms with Crippen molar-refractivity contribution in [1.29, 1.82) is 0 Å². The lowest BCUT2D eigenvalue weighted by molar-refractivity contribution is 0.176. The Morgan fingerprint density at radius 3 is 2.55 bits per heavy atom. The van der Waals surface area contributed by atoms with Crippen LogP contribution in [-0.2, 0) is 0 Å². The molecule has 0 aliphatic heterocycles. The quantitative estimate of drug-likeness (QED) is 0.829. The van der Waals surface area contributed by atoms with Gasteiger partial charge in [0.25, 0.3) is 0 Å². The van der Waals surface area contributed by atoms with Crippen molar-refractivity contribution in [3.8, 4) is 0 Å². The number of hydrogen-bond acceptors (Lipinski definition) is 2. The van der Waals surface area contributed by atoms with Crippen LogP contribution in [0.3, 0.4) is 0 Å². The normalized spacial score (nSPS) is 16.9. The minimum Gasteiger partial charge on any atom is -0.329 e. The summed E-state index contributed by atoms with van der Waals surface area (Å²) in [7, 11) is 0. The van der Waals surface area contributed by atoms with Crippen molar-refractivity contribution >= 4 is 0 Å². The molecule has 1 saturated carbocycles. The van der Waals surface area contributed by atoms with Crippen molar-refractivity contribution < 1.29 is 8.78 Å². The van der Waals surface area contributed by atoms with Crippen LogP contribution in [0.2, 0.25) is 0 Å². The molecule has 0 heterocycles. The Morgan fingerprint density at radius 2 is 2.00 bits per heavy atom. The molecule has 0 radical (unpaired) electrons. The number of halogens is 2. The molecule has 1 aliphatic rings. The summed E-state index contributed by atoms with van der Waals surface area (Å²) in [5, 5.41) is 0. The number of hydrogen-bond donors (Lipinski definition) is 1. The SMILES string of the molecule is CC(C)CCN(C1CC1)C(CN)c1cccc(F)c1F. The van der Waals surface area contributed by atoms with Gasteiger partial charge in [0.15, 0.2) is 11.6 Å². The first-order valence-electron chi connectivity index (χ1n) is 7.44. The molecule has 4 heteroatoms. The van der Waals surface area contributed by atoms with E-state index in [1.54, 1.807) is 12.1 Å². The van der Waals surface area contributed by atoms with E-state index in [1.165, 1.54) is 0 Å².